The molecule has 3 aromatic carbocycles. The molecule has 2 N–H and O–H groups in total. The first-order chi connectivity index (χ1) is 20.4. The maximum atomic E-state index is 13.2. The number of urea groups is 1. The summed E-state index contributed by atoms with van der Waals surface area (Å²) in [6, 6.07) is 10.5. The number of methoxy groups -OCH3 is 1. The van der Waals surface area contributed by atoms with E-state index in [2.05, 4.69) is 10.6 Å². The lowest BCUT2D eigenvalue weighted by molar-refractivity contribution is -0.142. The number of nitrogens with one attached hydrogen (secondary N) is 2. The summed E-state index contributed by atoms with van der Waals surface area (Å²) in [5, 5.41) is 5.74. The van der Waals surface area contributed by atoms with Gasteiger partial charge in [0.1, 0.15) is 18.1 Å². The molecule has 0 atom stereocenters. The van der Waals surface area contributed by atoms with E-state index in [0.717, 1.165) is 17.7 Å². The second-order valence-corrected chi connectivity index (χ2v) is 10.1. The van der Waals surface area contributed by atoms with Gasteiger partial charge in [0.15, 0.2) is 0 Å². The number of fused-ring (bicyclic) bond motifs is 1. The highest BCUT2D eigenvalue weighted by Gasteiger charge is 2.35. The maximum Gasteiger partial charge on any atom is 0.419 e. The summed E-state index contributed by atoms with van der Waals surface area (Å²) < 4.78 is 55.6. The number of allylic oxidation sites excluding steroid dienone is 2. The van der Waals surface area contributed by atoms with Crippen LogP contribution >= 0.6 is 11.6 Å². The van der Waals surface area contributed by atoms with Gasteiger partial charge in [-0.3, -0.25) is 4.79 Å². The normalized spacial score (nSPS) is 12.8. The minimum absolute atomic E-state index is 0.0197. The number of benzene rings is 3. The number of alkyl halides is 3. The molecule has 0 saturated carbocycles. The van der Waals surface area contributed by atoms with Crippen LogP contribution in [-0.2, 0) is 28.7 Å². The van der Waals surface area contributed by atoms with Crippen LogP contribution in [-0.4, -0.2) is 25.1 Å². The summed E-state index contributed by atoms with van der Waals surface area (Å²) in [6.07, 6.45) is -2.69. The van der Waals surface area contributed by atoms with Gasteiger partial charge in [-0.25, -0.2) is 9.59 Å². The van der Waals surface area contributed by atoms with Crippen molar-refractivity contribution in [2.24, 2.45) is 0 Å². The maximum absolute atomic E-state index is 13.2. The zero-order valence-corrected chi connectivity index (χ0v) is 24.2. The number of amides is 2. The Balaban J connectivity index is 1.55. The van der Waals surface area contributed by atoms with Gasteiger partial charge in [-0.2, -0.15) is 13.2 Å². The molecule has 0 spiro atoms. The van der Waals surface area contributed by atoms with Gasteiger partial charge in [-0.05, 0) is 56.5 Å². The van der Waals surface area contributed by atoms with Crippen LogP contribution in [0.5, 0.6) is 11.5 Å². The van der Waals surface area contributed by atoms with Crippen molar-refractivity contribution in [2.75, 3.05) is 17.7 Å². The summed E-state index contributed by atoms with van der Waals surface area (Å²) >= 11 is 6.17. The number of carbonyl (C=O) groups is 3. The number of rotatable bonds is 9. The van der Waals surface area contributed by atoms with E-state index in [1.807, 2.05) is 0 Å². The quantitative estimate of drug-likeness (QED) is 0.144. The largest absolute Gasteiger partial charge is 0.496 e. The van der Waals surface area contributed by atoms with Crippen LogP contribution < -0.4 is 20.1 Å². The molecular weight excluding hydrogens is 589 g/mol. The summed E-state index contributed by atoms with van der Waals surface area (Å²) in [6.45, 7) is 3.54. The summed E-state index contributed by atoms with van der Waals surface area (Å²) in [4.78, 5) is 38.1. The SMILES string of the molecule is COc1c(C)c2c(c(NC(=O)Nc3ccccc3Cl)c1C/C=C(\C)CCC(=O)Oc1ccccc1C(F)(F)F)C(=O)OC2. The Hall–Kier alpha value is -4.51. The fourth-order valence-electron chi connectivity index (χ4n) is 4.66. The first kappa shape index (κ1) is 31.4. The van der Waals surface area contributed by atoms with E-state index in [0.29, 0.717) is 33.1 Å². The smallest absolute Gasteiger partial charge is 0.419 e. The van der Waals surface area contributed by atoms with Crippen LogP contribution in [0.4, 0.5) is 29.3 Å². The van der Waals surface area contributed by atoms with E-state index in [4.69, 9.17) is 25.8 Å². The average Bonchev–Trinajstić information content (AvgIpc) is 3.35. The van der Waals surface area contributed by atoms with Crippen LogP contribution in [0.1, 0.15) is 52.4 Å². The highest BCUT2D eigenvalue weighted by atomic mass is 35.5. The lowest BCUT2D eigenvalue weighted by Crippen LogP contribution is -2.22. The highest BCUT2D eigenvalue weighted by Crippen LogP contribution is 2.42. The van der Waals surface area contributed by atoms with E-state index < -0.39 is 35.5 Å². The molecule has 226 valence electrons. The van der Waals surface area contributed by atoms with Crippen LogP contribution in [0.15, 0.2) is 60.2 Å². The van der Waals surface area contributed by atoms with E-state index in [-0.39, 0.29) is 37.1 Å². The Bertz CT molecular complexity index is 1600. The third-order valence-electron chi connectivity index (χ3n) is 6.83. The third-order valence-corrected chi connectivity index (χ3v) is 7.16. The van der Waals surface area contributed by atoms with Gasteiger partial charge in [0, 0.05) is 17.5 Å². The van der Waals surface area contributed by atoms with Crippen LogP contribution in [0, 0.1) is 6.92 Å². The van der Waals surface area contributed by atoms with Gasteiger partial charge in [0.2, 0.25) is 0 Å². The minimum Gasteiger partial charge on any atom is -0.496 e. The number of ether oxygens (including phenoxy) is 3. The lowest BCUT2D eigenvalue weighted by atomic mass is 9.93. The number of anilines is 2. The predicted octanol–water partition coefficient (Wildman–Crippen LogP) is 7.86. The topological polar surface area (TPSA) is 103 Å². The first-order valence-corrected chi connectivity index (χ1v) is 13.5. The number of esters is 2. The zero-order chi connectivity index (χ0) is 31.3. The number of halogens is 4. The van der Waals surface area contributed by atoms with E-state index in [1.165, 1.54) is 19.2 Å². The van der Waals surface area contributed by atoms with Crippen molar-refractivity contribution in [2.45, 2.75) is 45.9 Å². The van der Waals surface area contributed by atoms with E-state index in [9.17, 15) is 27.6 Å². The minimum atomic E-state index is -4.66. The first-order valence-electron chi connectivity index (χ1n) is 13.1. The monoisotopic (exact) mass is 616 g/mol. The Kier molecular flexibility index (Phi) is 9.65. The Morgan fingerprint density at radius 2 is 1.77 bits per heavy atom. The highest BCUT2D eigenvalue weighted by molar-refractivity contribution is 6.33. The van der Waals surface area contributed by atoms with Crippen molar-refractivity contribution in [1.82, 2.24) is 0 Å². The summed E-state index contributed by atoms with van der Waals surface area (Å²) in [5.41, 5.74) is 2.21. The number of hydrogen-bond donors (Lipinski definition) is 2. The van der Waals surface area contributed by atoms with E-state index in [1.54, 1.807) is 44.2 Å². The van der Waals surface area contributed by atoms with Crippen LogP contribution in [0.3, 0.4) is 0 Å². The molecule has 1 heterocycles. The summed E-state index contributed by atoms with van der Waals surface area (Å²) in [7, 11) is 1.47. The average molecular weight is 617 g/mol. The number of cyclic esters (lactones) is 1. The second-order valence-electron chi connectivity index (χ2n) is 9.72. The van der Waals surface area contributed by atoms with Crippen molar-refractivity contribution in [3.63, 3.8) is 0 Å². The van der Waals surface area contributed by atoms with Crippen molar-refractivity contribution >= 4 is 40.9 Å². The fraction of sp³-hybridized carbons (Fsp3) is 0.258. The zero-order valence-electron chi connectivity index (χ0n) is 23.5. The summed E-state index contributed by atoms with van der Waals surface area (Å²) in [5.74, 6) is -1.54. The molecule has 3 aromatic rings. The van der Waals surface area contributed by atoms with Gasteiger partial charge in [0.25, 0.3) is 0 Å². The molecule has 0 bridgehead atoms. The molecule has 0 radical (unpaired) electrons. The fourth-order valence-corrected chi connectivity index (χ4v) is 4.84. The van der Waals surface area contributed by atoms with Gasteiger partial charge >= 0.3 is 24.1 Å². The Labute approximate surface area is 250 Å². The predicted molar refractivity (Wildman–Crippen MR) is 155 cm³/mol. The molecule has 0 saturated heterocycles. The Morgan fingerprint density at radius 1 is 1.07 bits per heavy atom. The standard InChI is InChI=1S/C31H28ClF3N2O6/c1-17(13-15-25(38)43-24-11-7-4-8-21(24)31(33,34)35)12-14-19-27(37-30(40)36-23-10-6-5-9-22(23)32)26-20(16-42-29(26)39)18(2)28(19)41-3/h4-12H,13-16H2,1-3H3,(H2,36,37,40)/b17-12+. The molecule has 0 unspecified atom stereocenters. The molecule has 0 aromatic heterocycles. The van der Waals surface area contributed by atoms with Crippen molar-refractivity contribution < 1.29 is 41.8 Å². The van der Waals surface area contributed by atoms with Gasteiger partial charge in [-0.15, -0.1) is 0 Å². The molecule has 4 rings (SSSR count). The van der Waals surface area contributed by atoms with Gasteiger partial charge < -0.3 is 24.8 Å². The number of para-hydroxylation sites is 2. The van der Waals surface area contributed by atoms with Crippen molar-refractivity contribution in [3.8, 4) is 11.5 Å². The van der Waals surface area contributed by atoms with Crippen LogP contribution in [0.2, 0.25) is 5.02 Å². The Morgan fingerprint density at radius 3 is 2.47 bits per heavy atom. The lowest BCUT2D eigenvalue weighted by Gasteiger charge is -2.20. The molecule has 1 aliphatic heterocycles. The van der Waals surface area contributed by atoms with Gasteiger partial charge in [-0.1, -0.05) is 47.5 Å². The molecule has 1 aliphatic rings. The number of hydrogen-bond acceptors (Lipinski definition) is 6. The number of carbonyl (C=O) groups excluding carboxylic acids is 3. The third kappa shape index (κ3) is 7.29. The molecule has 8 nitrogen and oxygen atoms in total. The molecule has 0 fully saturated rings. The molecule has 12 heteroatoms. The molecule has 2 amide bonds. The van der Waals surface area contributed by atoms with Crippen LogP contribution in [0.25, 0.3) is 0 Å². The second kappa shape index (κ2) is 13.2. The van der Waals surface area contributed by atoms with Crippen molar-refractivity contribution in [3.05, 3.63) is 93.0 Å². The molecule has 43 heavy (non-hydrogen) atoms. The van der Waals surface area contributed by atoms with E-state index >= 15 is 0 Å². The molecule has 0 aliphatic carbocycles. The molecular formula is C31H28ClF3N2O6. The van der Waals surface area contributed by atoms with Crippen molar-refractivity contribution in [1.29, 1.82) is 0 Å². The van der Waals surface area contributed by atoms with Gasteiger partial charge in [0.05, 0.1) is 34.6 Å².